The van der Waals surface area contributed by atoms with Gasteiger partial charge in [0.25, 0.3) is 5.91 Å². The monoisotopic (exact) mass is 620 g/mol. The number of aromatic nitrogens is 2. The number of allylic oxidation sites excluding steroid dienone is 1. The summed E-state index contributed by atoms with van der Waals surface area (Å²) in [6, 6.07) is 5.15. The van der Waals surface area contributed by atoms with Crippen LogP contribution in [0, 0.1) is 0 Å². The Morgan fingerprint density at radius 3 is 2.48 bits per heavy atom. The quantitative estimate of drug-likeness (QED) is 0.104. The predicted octanol–water partition coefficient (Wildman–Crippen LogP) is 5.36. The first-order valence-electron chi connectivity index (χ1n) is 14.2. The first-order valence-corrected chi connectivity index (χ1v) is 16.6. The summed E-state index contributed by atoms with van der Waals surface area (Å²) in [5.74, 6) is 0.201. The van der Waals surface area contributed by atoms with Crippen molar-refractivity contribution in [1.29, 1.82) is 0 Å². The largest absolute Gasteiger partial charge is 0.465 e. The van der Waals surface area contributed by atoms with Gasteiger partial charge in [-0.05, 0) is 74.0 Å². The fraction of sp³-hybridized carbons (Fsp3) is 0.586. The highest BCUT2D eigenvalue weighted by Crippen LogP contribution is 2.35. The first kappa shape index (κ1) is 33.4. The van der Waals surface area contributed by atoms with Crippen molar-refractivity contribution in [3.63, 3.8) is 0 Å². The molecule has 1 fully saturated rings. The molecule has 1 heterocycles. The standard InChI is InChI=1S/C29H40N4O7S2/c1-5-17-41-42-26(20(2)32(3)19-34)15-16-38-27(35)7-6-8-28(36)39-23-12-10-22(11-13-23)33(4)29(37)21-9-14-24-25(18-21)31-40-30-24/h9,14,18-19,22-23H,5-8,10-13,15-17H2,1-4H3/b26-20-/t22-,23-. The fourth-order valence-corrected chi connectivity index (χ4v) is 7.15. The number of hydrogen-bond donors (Lipinski definition) is 0. The van der Waals surface area contributed by atoms with Crippen molar-refractivity contribution in [3.8, 4) is 0 Å². The first-order chi connectivity index (χ1) is 20.2. The van der Waals surface area contributed by atoms with Gasteiger partial charge in [0.1, 0.15) is 17.1 Å². The fourth-order valence-electron chi connectivity index (χ4n) is 4.54. The molecule has 3 rings (SSSR count). The molecule has 1 aromatic heterocycles. The number of carbonyl (C=O) groups is 4. The highest BCUT2D eigenvalue weighted by Gasteiger charge is 2.29. The number of esters is 2. The van der Waals surface area contributed by atoms with Gasteiger partial charge in [0, 0.05) is 61.3 Å². The zero-order valence-corrected chi connectivity index (χ0v) is 26.3. The third-order valence-corrected chi connectivity index (χ3v) is 10.1. The summed E-state index contributed by atoms with van der Waals surface area (Å²) in [5, 5.41) is 7.57. The average Bonchev–Trinajstić information content (AvgIpc) is 3.47. The smallest absolute Gasteiger partial charge is 0.306 e. The molecule has 13 heteroatoms. The van der Waals surface area contributed by atoms with E-state index in [1.54, 1.807) is 58.8 Å². The lowest BCUT2D eigenvalue weighted by atomic mass is 9.91. The number of carbonyl (C=O) groups excluding carboxylic acids is 4. The van der Waals surface area contributed by atoms with E-state index >= 15 is 0 Å². The number of hydrogen-bond acceptors (Lipinski definition) is 11. The summed E-state index contributed by atoms with van der Waals surface area (Å²) in [4.78, 5) is 52.9. The van der Waals surface area contributed by atoms with Gasteiger partial charge in [-0.25, -0.2) is 4.63 Å². The molecule has 2 aromatic rings. The van der Waals surface area contributed by atoms with Crippen molar-refractivity contribution in [2.24, 2.45) is 0 Å². The molecule has 0 N–H and O–H groups in total. The predicted molar refractivity (Wildman–Crippen MR) is 162 cm³/mol. The van der Waals surface area contributed by atoms with Crippen LogP contribution in [0.25, 0.3) is 11.0 Å². The second-order valence-electron chi connectivity index (χ2n) is 10.3. The highest BCUT2D eigenvalue weighted by molar-refractivity contribution is 8.78. The van der Waals surface area contributed by atoms with E-state index in [-0.39, 0.29) is 49.4 Å². The number of nitrogens with zero attached hydrogens (tertiary/aromatic N) is 4. The second-order valence-corrected chi connectivity index (χ2v) is 12.8. The Morgan fingerprint density at radius 2 is 1.76 bits per heavy atom. The van der Waals surface area contributed by atoms with Crippen molar-refractivity contribution >= 4 is 56.9 Å². The van der Waals surface area contributed by atoms with Crippen LogP contribution in [-0.4, -0.2) is 83.0 Å². The molecular weight excluding hydrogens is 580 g/mol. The molecule has 1 saturated carbocycles. The van der Waals surface area contributed by atoms with E-state index in [4.69, 9.17) is 14.1 Å². The van der Waals surface area contributed by atoms with E-state index in [0.717, 1.165) is 42.0 Å². The Balaban J connectivity index is 1.32. The number of benzene rings is 1. The van der Waals surface area contributed by atoms with Crippen LogP contribution >= 0.6 is 21.6 Å². The Labute approximate surface area is 254 Å². The van der Waals surface area contributed by atoms with Crippen LogP contribution in [0.5, 0.6) is 0 Å². The van der Waals surface area contributed by atoms with E-state index in [1.807, 2.05) is 6.92 Å². The van der Waals surface area contributed by atoms with E-state index in [9.17, 15) is 19.2 Å². The van der Waals surface area contributed by atoms with E-state index < -0.39 is 0 Å². The maximum absolute atomic E-state index is 13.0. The minimum absolute atomic E-state index is 0.0509. The molecule has 1 aromatic carbocycles. The van der Waals surface area contributed by atoms with E-state index in [0.29, 0.717) is 42.3 Å². The lowest BCUT2D eigenvalue weighted by molar-refractivity contribution is -0.151. The van der Waals surface area contributed by atoms with Crippen LogP contribution in [0.4, 0.5) is 0 Å². The summed E-state index contributed by atoms with van der Waals surface area (Å²) in [7, 11) is 6.80. The molecule has 230 valence electrons. The zero-order valence-electron chi connectivity index (χ0n) is 24.7. The molecule has 0 saturated heterocycles. The molecule has 1 aliphatic rings. The van der Waals surface area contributed by atoms with Crippen LogP contribution in [0.2, 0.25) is 0 Å². The summed E-state index contributed by atoms with van der Waals surface area (Å²) < 4.78 is 15.7. The molecule has 0 unspecified atom stereocenters. The minimum atomic E-state index is -0.359. The van der Waals surface area contributed by atoms with Crippen LogP contribution in [0.3, 0.4) is 0 Å². The summed E-state index contributed by atoms with van der Waals surface area (Å²) in [5.41, 5.74) is 2.50. The molecule has 2 amide bonds. The molecule has 0 spiro atoms. The molecule has 0 atom stereocenters. The van der Waals surface area contributed by atoms with Crippen LogP contribution in [0.15, 0.2) is 33.4 Å². The normalized spacial score (nSPS) is 17.3. The van der Waals surface area contributed by atoms with Gasteiger partial charge < -0.3 is 19.3 Å². The van der Waals surface area contributed by atoms with Crippen molar-refractivity contribution in [2.45, 2.75) is 83.8 Å². The van der Waals surface area contributed by atoms with Crippen LogP contribution in [0.1, 0.15) is 82.0 Å². The van der Waals surface area contributed by atoms with Gasteiger partial charge >= 0.3 is 11.9 Å². The average molecular weight is 621 g/mol. The topological polar surface area (TPSA) is 132 Å². The van der Waals surface area contributed by atoms with Crippen molar-refractivity contribution in [1.82, 2.24) is 20.1 Å². The lowest BCUT2D eigenvalue weighted by Crippen LogP contribution is -2.41. The molecule has 1 aliphatic carbocycles. The maximum Gasteiger partial charge on any atom is 0.306 e. The molecule has 0 bridgehead atoms. The van der Waals surface area contributed by atoms with Gasteiger partial charge in [-0.2, -0.15) is 0 Å². The zero-order chi connectivity index (χ0) is 30.5. The highest BCUT2D eigenvalue weighted by atomic mass is 33.1. The van der Waals surface area contributed by atoms with Gasteiger partial charge in [0.2, 0.25) is 6.41 Å². The van der Waals surface area contributed by atoms with Crippen LogP contribution in [-0.2, 0) is 23.9 Å². The van der Waals surface area contributed by atoms with Gasteiger partial charge in [-0.15, -0.1) is 0 Å². The summed E-state index contributed by atoms with van der Waals surface area (Å²) in [6.07, 6.45) is 5.58. The van der Waals surface area contributed by atoms with Crippen LogP contribution < -0.4 is 0 Å². The summed E-state index contributed by atoms with van der Waals surface area (Å²) >= 11 is 0. The van der Waals surface area contributed by atoms with Gasteiger partial charge in [-0.3, -0.25) is 19.2 Å². The van der Waals surface area contributed by atoms with Crippen molar-refractivity contribution < 1.29 is 33.3 Å². The number of ether oxygens (including phenoxy) is 2. The van der Waals surface area contributed by atoms with Crippen molar-refractivity contribution in [2.75, 3.05) is 26.5 Å². The Morgan fingerprint density at radius 1 is 1.05 bits per heavy atom. The Bertz CT molecular complexity index is 1240. The molecule has 42 heavy (non-hydrogen) atoms. The summed E-state index contributed by atoms with van der Waals surface area (Å²) in [6.45, 7) is 4.20. The lowest BCUT2D eigenvalue weighted by Gasteiger charge is -2.34. The third kappa shape index (κ3) is 10.0. The van der Waals surface area contributed by atoms with Gasteiger partial charge in [0.15, 0.2) is 0 Å². The number of fused-ring (bicyclic) bond motifs is 1. The Hall–Kier alpha value is -3.06. The SMILES string of the molecule is CCCSS/C(CCOC(=O)CCCC(=O)O[C@H]1CC[C@H](N(C)C(=O)c2ccc3nonc3c2)CC1)=C(/C)N(C)C=O. The van der Waals surface area contributed by atoms with Gasteiger partial charge in [0.05, 0.1) is 6.61 Å². The minimum Gasteiger partial charge on any atom is -0.465 e. The van der Waals surface area contributed by atoms with Gasteiger partial charge in [-0.1, -0.05) is 28.5 Å². The van der Waals surface area contributed by atoms with E-state index in [1.165, 1.54) is 4.90 Å². The third-order valence-electron chi connectivity index (χ3n) is 7.20. The number of amides is 2. The molecule has 11 nitrogen and oxygen atoms in total. The van der Waals surface area contributed by atoms with E-state index in [2.05, 4.69) is 17.2 Å². The van der Waals surface area contributed by atoms with Crippen molar-refractivity contribution in [3.05, 3.63) is 34.4 Å². The molecule has 0 aliphatic heterocycles. The molecule has 0 radical (unpaired) electrons. The number of rotatable bonds is 16. The molecular formula is C29H40N4O7S2. The Kier molecular flexibility index (Phi) is 13.7. The second kappa shape index (κ2) is 17.2. The maximum atomic E-state index is 13.0.